The summed E-state index contributed by atoms with van der Waals surface area (Å²) >= 11 is 0. The number of nitrogens with one attached hydrogen (secondary N) is 2. The van der Waals surface area contributed by atoms with Crippen LogP contribution in [0.3, 0.4) is 0 Å². The summed E-state index contributed by atoms with van der Waals surface area (Å²) < 4.78 is 52.7. The van der Waals surface area contributed by atoms with Gasteiger partial charge in [-0.1, -0.05) is 19.2 Å². The zero-order valence-corrected chi connectivity index (χ0v) is 21.7. The Morgan fingerprint density at radius 3 is 2.47 bits per heavy atom. The zero-order valence-electron chi connectivity index (χ0n) is 20.1. The van der Waals surface area contributed by atoms with Gasteiger partial charge in [0.05, 0.1) is 21.9 Å². The van der Waals surface area contributed by atoms with Crippen molar-refractivity contribution in [2.75, 3.05) is 43.2 Å². The molecule has 0 aliphatic heterocycles. The highest BCUT2D eigenvalue weighted by molar-refractivity contribution is 7.94. The molecule has 2 N–H and O–H groups in total. The van der Waals surface area contributed by atoms with Gasteiger partial charge in [-0.3, -0.25) is 0 Å². The van der Waals surface area contributed by atoms with Crippen LogP contribution in [0.25, 0.3) is 0 Å². The molecule has 0 saturated carbocycles. The van der Waals surface area contributed by atoms with Crippen molar-refractivity contribution in [3.8, 4) is 6.07 Å². The van der Waals surface area contributed by atoms with Crippen molar-refractivity contribution in [1.82, 2.24) is 4.98 Å². The van der Waals surface area contributed by atoms with E-state index in [0.717, 1.165) is 10.8 Å². The fraction of sp³-hybridized carbons (Fsp3) is 0.304. The van der Waals surface area contributed by atoms with E-state index in [2.05, 4.69) is 45.1 Å². The first kappa shape index (κ1) is 28.6. The van der Waals surface area contributed by atoms with E-state index in [1.165, 1.54) is 18.2 Å². The molecule has 192 valence electrons. The summed E-state index contributed by atoms with van der Waals surface area (Å²) in [7, 11) is -5.50. The summed E-state index contributed by atoms with van der Waals surface area (Å²) in [6, 6.07) is 7.97. The van der Waals surface area contributed by atoms with Gasteiger partial charge in [0.2, 0.25) is 0 Å². The number of hydrogen-bond donors (Lipinski definition) is 2. The lowest BCUT2D eigenvalue weighted by molar-refractivity contribution is 0.198. The van der Waals surface area contributed by atoms with Gasteiger partial charge in [0, 0.05) is 43.2 Å². The van der Waals surface area contributed by atoms with Gasteiger partial charge in [0.1, 0.15) is 17.6 Å². The molecule has 1 aromatic heterocycles. The van der Waals surface area contributed by atoms with Gasteiger partial charge in [-0.15, -0.1) is 5.11 Å². The van der Waals surface area contributed by atoms with Crippen molar-refractivity contribution in [1.29, 1.82) is 5.26 Å². The Bertz CT molecular complexity index is 1400. The maximum atomic E-state index is 12.1. The highest BCUT2D eigenvalue weighted by Gasteiger charge is 2.18. The van der Waals surface area contributed by atoms with Crippen molar-refractivity contribution in [2.24, 2.45) is 10.2 Å². The van der Waals surface area contributed by atoms with Gasteiger partial charge >= 0.3 is 0 Å². The minimum Gasteiger partial charge on any atom is -0.385 e. The average molecular weight is 533 g/mol. The molecular weight excluding hydrogens is 504 g/mol. The third kappa shape index (κ3) is 7.70. The number of aromatic nitrogens is 1. The molecule has 0 aliphatic rings. The molecular formula is C23H28N6O5S2. The van der Waals surface area contributed by atoms with Gasteiger partial charge in [0.25, 0.3) is 0 Å². The molecule has 0 aliphatic carbocycles. The summed E-state index contributed by atoms with van der Waals surface area (Å²) in [5, 5.41) is 25.9. The van der Waals surface area contributed by atoms with Crippen LogP contribution in [0.1, 0.15) is 17.5 Å². The van der Waals surface area contributed by atoms with Crippen LogP contribution in [0.4, 0.5) is 23.0 Å². The average Bonchev–Trinajstić information content (AvgIpc) is 2.86. The number of nitriles is 1. The molecule has 11 nitrogen and oxygen atoms in total. The van der Waals surface area contributed by atoms with E-state index < -0.39 is 19.7 Å². The smallest absolute Gasteiger partial charge is 0.199 e. The molecule has 0 spiro atoms. The van der Waals surface area contributed by atoms with E-state index in [4.69, 9.17) is 4.74 Å². The molecule has 1 heterocycles. The molecule has 0 fully saturated rings. The van der Waals surface area contributed by atoms with Crippen LogP contribution in [-0.2, 0) is 24.4 Å². The monoisotopic (exact) mass is 532 g/mol. The van der Waals surface area contributed by atoms with Crippen molar-refractivity contribution < 1.29 is 21.6 Å². The highest BCUT2D eigenvalue weighted by Crippen LogP contribution is 2.35. The van der Waals surface area contributed by atoms with Gasteiger partial charge in [-0.25, -0.2) is 21.8 Å². The number of hydrogen-bond acceptors (Lipinski definition) is 11. The number of methoxy groups -OCH3 is 1. The SMILES string of the molecule is C=CS(=O)(=O)CCNc1nc(NCCCOC)c(/N=N/c2cccc(S(=O)(=O)C=C)c2)c(C)c1C#N. The molecule has 36 heavy (non-hydrogen) atoms. The Morgan fingerprint density at radius 2 is 1.83 bits per heavy atom. The van der Waals surface area contributed by atoms with Crippen molar-refractivity contribution in [3.63, 3.8) is 0 Å². The standard InChI is InChI=1S/C23H28N6O5S2/c1-5-35(30,31)14-12-26-22-20(16-24)17(3)21(23(27-22)25-11-8-13-34-4)29-28-18-9-7-10-19(15-18)36(32,33)6-2/h5-7,9-10,15H,1-2,8,11-14H2,3-4H3,(H2,25,26,27)/b29-28+. The van der Waals surface area contributed by atoms with Crippen molar-refractivity contribution in [2.45, 2.75) is 18.2 Å². The summed E-state index contributed by atoms with van der Waals surface area (Å²) in [4.78, 5) is 4.48. The van der Waals surface area contributed by atoms with Crippen LogP contribution in [0, 0.1) is 18.3 Å². The molecule has 0 amide bonds. The number of pyridine rings is 1. The number of sulfone groups is 2. The second kappa shape index (κ2) is 12.9. The fourth-order valence-electron chi connectivity index (χ4n) is 2.95. The van der Waals surface area contributed by atoms with Crippen molar-refractivity contribution >= 4 is 42.7 Å². The lowest BCUT2D eigenvalue weighted by Crippen LogP contribution is -2.16. The molecule has 0 bridgehead atoms. The van der Waals surface area contributed by atoms with Crippen LogP contribution >= 0.6 is 0 Å². The molecule has 2 rings (SSSR count). The first-order valence-corrected chi connectivity index (χ1v) is 14.0. The normalized spacial score (nSPS) is 11.7. The lowest BCUT2D eigenvalue weighted by Gasteiger charge is -2.15. The van der Waals surface area contributed by atoms with E-state index in [9.17, 15) is 22.1 Å². The Labute approximate surface area is 211 Å². The van der Waals surface area contributed by atoms with E-state index in [-0.39, 0.29) is 39.9 Å². The molecule has 13 heteroatoms. The van der Waals surface area contributed by atoms with E-state index in [1.54, 1.807) is 20.1 Å². The number of benzene rings is 1. The minimum atomic E-state index is -3.65. The van der Waals surface area contributed by atoms with E-state index in [0.29, 0.717) is 31.0 Å². The van der Waals surface area contributed by atoms with Gasteiger partial charge in [-0.2, -0.15) is 10.4 Å². The second-order valence-electron chi connectivity index (χ2n) is 7.41. The highest BCUT2D eigenvalue weighted by atomic mass is 32.2. The number of anilines is 2. The first-order valence-electron chi connectivity index (χ1n) is 10.7. The molecule has 0 saturated heterocycles. The summed E-state index contributed by atoms with van der Waals surface area (Å²) in [5.74, 6) is 0.293. The summed E-state index contributed by atoms with van der Waals surface area (Å²) in [6.07, 6.45) is 0.662. The molecule has 0 unspecified atom stereocenters. The third-order valence-electron chi connectivity index (χ3n) is 4.91. The summed E-state index contributed by atoms with van der Waals surface area (Å²) in [5.41, 5.74) is 1.18. The first-order chi connectivity index (χ1) is 17.1. The summed E-state index contributed by atoms with van der Waals surface area (Å²) in [6.45, 7) is 9.28. The van der Waals surface area contributed by atoms with Gasteiger partial charge < -0.3 is 15.4 Å². The largest absolute Gasteiger partial charge is 0.385 e. The zero-order chi connectivity index (χ0) is 26.8. The predicted molar refractivity (Wildman–Crippen MR) is 139 cm³/mol. The van der Waals surface area contributed by atoms with Gasteiger partial charge in [0.15, 0.2) is 25.5 Å². The Balaban J connectivity index is 2.48. The lowest BCUT2D eigenvalue weighted by atomic mass is 10.1. The molecule has 1 aromatic carbocycles. The number of nitrogens with zero attached hydrogens (tertiary/aromatic N) is 4. The van der Waals surface area contributed by atoms with E-state index in [1.807, 2.05) is 0 Å². The predicted octanol–water partition coefficient (Wildman–Crippen LogP) is 4.01. The quantitative estimate of drug-likeness (QED) is 0.270. The molecule has 0 radical (unpaired) electrons. The second-order valence-corrected chi connectivity index (χ2v) is 11.4. The third-order valence-corrected chi connectivity index (χ3v) is 7.54. The maximum absolute atomic E-state index is 12.1. The maximum Gasteiger partial charge on any atom is 0.199 e. The fourth-order valence-corrected chi connectivity index (χ4v) is 4.25. The number of ether oxygens (including phenoxy) is 1. The minimum absolute atomic E-state index is 0.0179. The number of azo groups is 1. The van der Waals surface area contributed by atoms with Crippen LogP contribution in [0.2, 0.25) is 0 Å². The van der Waals surface area contributed by atoms with Crippen LogP contribution < -0.4 is 10.6 Å². The van der Waals surface area contributed by atoms with Crippen LogP contribution in [0.5, 0.6) is 0 Å². The molecule has 2 aromatic rings. The van der Waals surface area contributed by atoms with Gasteiger partial charge in [-0.05, 0) is 31.5 Å². The molecule has 0 atom stereocenters. The van der Waals surface area contributed by atoms with Crippen LogP contribution in [-0.4, -0.2) is 54.4 Å². The Morgan fingerprint density at radius 1 is 1.11 bits per heavy atom. The van der Waals surface area contributed by atoms with Crippen molar-refractivity contribution in [3.05, 3.63) is 59.4 Å². The topological polar surface area (TPSA) is 163 Å². The van der Waals surface area contributed by atoms with Crippen LogP contribution in [0.15, 0.2) is 63.4 Å². The van der Waals surface area contributed by atoms with E-state index >= 15 is 0 Å². The Hall–Kier alpha value is -3.60. The Kier molecular flexibility index (Phi) is 10.3. The number of rotatable bonds is 14.